The van der Waals surface area contributed by atoms with Crippen LogP contribution in [0, 0.1) is 6.92 Å². The van der Waals surface area contributed by atoms with Crippen molar-refractivity contribution in [2.75, 3.05) is 5.32 Å². The third-order valence-electron chi connectivity index (χ3n) is 3.85. The van der Waals surface area contributed by atoms with Gasteiger partial charge in [-0.3, -0.25) is 9.48 Å². The fourth-order valence-electron chi connectivity index (χ4n) is 2.58. The van der Waals surface area contributed by atoms with Crippen LogP contribution in [0.3, 0.4) is 0 Å². The number of amides is 1. The Kier molecular flexibility index (Phi) is 4.51. The van der Waals surface area contributed by atoms with E-state index in [1.54, 1.807) is 35.9 Å². The Hall–Kier alpha value is -2.97. The first-order valence-electron chi connectivity index (χ1n) is 8.02. The van der Waals surface area contributed by atoms with Crippen molar-refractivity contribution in [1.82, 2.24) is 19.9 Å². The third kappa shape index (κ3) is 3.49. The van der Waals surface area contributed by atoms with Gasteiger partial charge in [-0.25, -0.2) is 0 Å². The summed E-state index contributed by atoms with van der Waals surface area (Å²) in [4.78, 5) is 17.6. The van der Waals surface area contributed by atoms with Crippen molar-refractivity contribution >= 4 is 33.8 Å². The zero-order valence-electron chi connectivity index (χ0n) is 14.4. The van der Waals surface area contributed by atoms with E-state index in [-0.39, 0.29) is 5.91 Å². The molecule has 0 unspecified atom stereocenters. The van der Waals surface area contributed by atoms with Crippen LogP contribution in [0.15, 0.2) is 47.0 Å². The molecule has 0 saturated heterocycles. The predicted molar refractivity (Wildman–Crippen MR) is 104 cm³/mol. The molecule has 0 aliphatic rings. The zero-order chi connectivity index (χ0) is 19.0. The second-order valence-electron chi connectivity index (χ2n) is 5.77. The molecule has 0 aliphatic carbocycles. The molecule has 1 N–H and O–H groups in total. The monoisotopic (exact) mass is 399 g/mol. The third-order valence-corrected chi connectivity index (χ3v) is 5.20. The van der Waals surface area contributed by atoms with E-state index >= 15 is 0 Å². The first kappa shape index (κ1) is 17.4. The highest BCUT2D eigenvalue weighted by molar-refractivity contribution is 7.19. The van der Waals surface area contributed by atoms with Crippen LogP contribution in [0.5, 0.6) is 0 Å². The van der Waals surface area contributed by atoms with Gasteiger partial charge in [-0.15, -0.1) is 11.3 Å². The van der Waals surface area contributed by atoms with Gasteiger partial charge in [0.2, 0.25) is 11.7 Å². The number of hydrogen-bond acceptors (Lipinski definition) is 6. The van der Waals surface area contributed by atoms with Crippen LogP contribution in [0.4, 0.5) is 5.00 Å². The number of carbonyl (C=O) groups is 1. The average Bonchev–Trinajstić information content (AvgIpc) is 3.35. The van der Waals surface area contributed by atoms with Gasteiger partial charge in [0, 0.05) is 14.0 Å². The Bertz CT molecular complexity index is 1130. The molecule has 0 spiro atoms. The van der Waals surface area contributed by atoms with Gasteiger partial charge in [0.15, 0.2) is 0 Å². The van der Waals surface area contributed by atoms with E-state index in [9.17, 15) is 4.79 Å². The summed E-state index contributed by atoms with van der Waals surface area (Å²) in [5.41, 5.74) is 1.94. The Morgan fingerprint density at radius 3 is 2.81 bits per heavy atom. The first-order valence-corrected chi connectivity index (χ1v) is 9.21. The number of thiophene rings is 1. The summed E-state index contributed by atoms with van der Waals surface area (Å²) < 4.78 is 6.75. The molecule has 9 heteroatoms. The van der Waals surface area contributed by atoms with Crippen LogP contribution in [-0.2, 0) is 7.05 Å². The Labute approximate surface area is 163 Å². The lowest BCUT2D eigenvalue weighted by atomic mass is 10.2. The number of benzene rings is 1. The van der Waals surface area contributed by atoms with Gasteiger partial charge in [0.25, 0.3) is 5.91 Å². The summed E-state index contributed by atoms with van der Waals surface area (Å²) in [5.74, 6) is 0.679. The highest BCUT2D eigenvalue weighted by atomic mass is 35.5. The topological polar surface area (TPSA) is 85.8 Å². The number of nitrogens with one attached hydrogen (secondary N) is 1. The maximum atomic E-state index is 12.4. The van der Waals surface area contributed by atoms with Crippen LogP contribution < -0.4 is 5.32 Å². The molecule has 27 heavy (non-hydrogen) atoms. The normalized spacial score (nSPS) is 10.9. The standard InChI is InChI=1S/C18H14ClN5O2S/c1-10-20-17(23-26-10)13-9-14(24(2)22-13)15-7-8-16(27-15)21-18(25)11-5-3-4-6-12(11)19/h3-9H,1-2H3,(H,21,25). The fraction of sp³-hybridized carbons (Fsp3) is 0.111. The van der Waals surface area contributed by atoms with Gasteiger partial charge < -0.3 is 9.84 Å². The molecule has 7 nitrogen and oxygen atoms in total. The minimum absolute atomic E-state index is 0.248. The summed E-state index contributed by atoms with van der Waals surface area (Å²) in [6, 6.07) is 12.6. The van der Waals surface area contributed by atoms with Crippen molar-refractivity contribution in [3.63, 3.8) is 0 Å². The first-order chi connectivity index (χ1) is 13.0. The van der Waals surface area contributed by atoms with Crippen LogP contribution >= 0.6 is 22.9 Å². The summed E-state index contributed by atoms with van der Waals surface area (Å²) >= 11 is 7.52. The lowest BCUT2D eigenvalue weighted by molar-refractivity contribution is 0.102. The number of aryl methyl sites for hydroxylation is 2. The molecule has 136 valence electrons. The molecule has 4 rings (SSSR count). The molecular formula is C18H14ClN5O2S. The predicted octanol–water partition coefficient (Wildman–Crippen LogP) is 4.41. The summed E-state index contributed by atoms with van der Waals surface area (Å²) in [6.07, 6.45) is 0. The average molecular weight is 400 g/mol. The Balaban J connectivity index is 1.57. The van der Waals surface area contributed by atoms with Crippen molar-refractivity contribution in [2.24, 2.45) is 7.05 Å². The highest BCUT2D eigenvalue weighted by Crippen LogP contribution is 2.33. The SMILES string of the molecule is Cc1nc(-c2cc(-c3ccc(NC(=O)c4ccccc4Cl)s3)n(C)n2)no1. The quantitative estimate of drug-likeness (QED) is 0.549. The van der Waals surface area contributed by atoms with Crippen LogP contribution in [-0.4, -0.2) is 25.8 Å². The van der Waals surface area contributed by atoms with E-state index < -0.39 is 0 Å². The van der Waals surface area contributed by atoms with Crippen LogP contribution in [0.1, 0.15) is 16.2 Å². The molecule has 1 amide bonds. The minimum Gasteiger partial charge on any atom is -0.339 e. The molecule has 0 bridgehead atoms. The maximum absolute atomic E-state index is 12.4. The van der Waals surface area contributed by atoms with E-state index in [1.807, 2.05) is 25.2 Å². The van der Waals surface area contributed by atoms with Crippen molar-refractivity contribution in [3.8, 4) is 22.1 Å². The molecule has 3 heterocycles. The lowest BCUT2D eigenvalue weighted by Gasteiger charge is -2.04. The molecule has 0 atom stereocenters. The van der Waals surface area contributed by atoms with Crippen molar-refractivity contribution in [3.05, 3.63) is 58.9 Å². The van der Waals surface area contributed by atoms with Gasteiger partial charge in [-0.1, -0.05) is 28.9 Å². The smallest absolute Gasteiger partial charge is 0.257 e. The van der Waals surface area contributed by atoms with E-state index in [1.165, 1.54) is 11.3 Å². The van der Waals surface area contributed by atoms with Crippen molar-refractivity contribution < 1.29 is 9.32 Å². The fourth-order valence-corrected chi connectivity index (χ4v) is 3.75. The summed E-state index contributed by atoms with van der Waals surface area (Å²) in [6.45, 7) is 1.73. The minimum atomic E-state index is -0.248. The number of aromatic nitrogens is 4. The van der Waals surface area contributed by atoms with Crippen molar-refractivity contribution in [1.29, 1.82) is 0 Å². The van der Waals surface area contributed by atoms with E-state index in [2.05, 4.69) is 20.6 Å². The highest BCUT2D eigenvalue weighted by Gasteiger charge is 2.16. The van der Waals surface area contributed by atoms with Crippen LogP contribution in [0.25, 0.3) is 22.1 Å². The molecule has 0 fully saturated rings. The molecule has 0 radical (unpaired) electrons. The number of hydrogen-bond donors (Lipinski definition) is 1. The largest absolute Gasteiger partial charge is 0.339 e. The van der Waals surface area contributed by atoms with Gasteiger partial charge >= 0.3 is 0 Å². The van der Waals surface area contributed by atoms with Gasteiger partial charge in [0.1, 0.15) is 5.69 Å². The number of rotatable bonds is 4. The summed E-state index contributed by atoms with van der Waals surface area (Å²) in [7, 11) is 1.84. The number of halogens is 1. The number of anilines is 1. The van der Waals surface area contributed by atoms with E-state index in [4.69, 9.17) is 16.1 Å². The lowest BCUT2D eigenvalue weighted by Crippen LogP contribution is -2.11. The van der Waals surface area contributed by atoms with Crippen LogP contribution in [0.2, 0.25) is 5.02 Å². The second-order valence-corrected chi connectivity index (χ2v) is 7.26. The molecule has 3 aromatic heterocycles. The van der Waals surface area contributed by atoms with Gasteiger partial charge in [-0.05, 0) is 30.3 Å². The zero-order valence-corrected chi connectivity index (χ0v) is 16.0. The molecular weight excluding hydrogens is 386 g/mol. The summed E-state index contributed by atoms with van der Waals surface area (Å²) in [5, 5.41) is 12.3. The van der Waals surface area contributed by atoms with Gasteiger partial charge in [-0.2, -0.15) is 10.1 Å². The second kappa shape index (κ2) is 6.98. The van der Waals surface area contributed by atoms with Gasteiger partial charge in [0.05, 0.1) is 26.2 Å². The Morgan fingerprint density at radius 2 is 2.07 bits per heavy atom. The Morgan fingerprint density at radius 1 is 1.26 bits per heavy atom. The number of nitrogens with zero attached hydrogens (tertiary/aromatic N) is 4. The molecule has 0 aliphatic heterocycles. The molecule has 0 saturated carbocycles. The van der Waals surface area contributed by atoms with E-state index in [0.29, 0.717) is 33.0 Å². The van der Waals surface area contributed by atoms with E-state index in [0.717, 1.165) is 10.6 Å². The molecule has 1 aromatic carbocycles. The van der Waals surface area contributed by atoms with Crippen molar-refractivity contribution in [2.45, 2.75) is 6.92 Å². The molecule has 4 aromatic rings. The maximum Gasteiger partial charge on any atom is 0.257 e. The number of carbonyl (C=O) groups excluding carboxylic acids is 1.